The van der Waals surface area contributed by atoms with E-state index in [1.807, 2.05) is 0 Å². The molecule has 0 fully saturated rings. The van der Waals surface area contributed by atoms with Crippen LogP contribution in [0.5, 0.6) is 0 Å². The van der Waals surface area contributed by atoms with Crippen LogP contribution in [0.2, 0.25) is 0 Å². The van der Waals surface area contributed by atoms with Gasteiger partial charge in [-0.15, -0.1) is 6.58 Å². The van der Waals surface area contributed by atoms with Crippen molar-refractivity contribution in [3.63, 3.8) is 0 Å². The highest BCUT2D eigenvalue weighted by molar-refractivity contribution is 9.10. The maximum Gasteiger partial charge on any atom is 0.283 e. The summed E-state index contributed by atoms with van der Waals surface area (Å²) in [7, 11) is 0. The van der Waals surface area contributed by atoms with Gasteiger partial charge in [0, 0.05) is 13.2 Å². The highest BCUT2D eigenvalue weighted by atomic mass is 79.9. The van der Waals surface area contributed by atoms with Crippen molar-refractivity contribution in [1.82, 2.24) is 9.78 Å². The zero-order chi connectivity index (χ0) is 15.2. The van der Waals surface area contributed by atoms with Crippen LogP contribution >= 0.6 is 15.9 Å². The molecule has 0 spiro atoms. The standard InChI is InChI=1S/C14H22BrN3O2/c1-4-7-18-13(20)12(15)11(9-17-18)16-10-14(2,3)6-5-8-19/h4,9,16,19H,1,5-8,10H2,2-3H3. The van der Waals surface area contributed by atoms with Gasteiger partial charge in [-0.2, -0.15) is 5.10 Å². The van der Waals surface area contributed by atoms with Crippen molar-refractivity contribution in [2.24, 2.45) is 5.41 Å². The minimum Gasteiger partial charge on any atom is -0.396 e. The lowest BCUT2D eigenvalue weighted by Gasteiger charge is -2.25. The van der Waals surface area contributed by atoms with Gasteiger partial charge in [0.2, 0.25) is 0 Å². The van der Waals surface area contributed by atoms with Gasteiger partial charge < -0.3 is 10.4 Å². The van der Waals surface area contributed by atoms with Gasteiger partial charge in [0.25, 0.3) is 5.56 Å². The maximum atomic E-state index is 12.0. The van der Waals surface area contributed by atoms with E-state index in [4.69, 9.17) is 5.11 Å². The fourth-order valence-corrected chi connectivity index (χ4v) is 2.27. The lowest BCUT2D eigenvalue weighted by Crippen LogP contribution is -2.27. The molecule has 6 heteroatoms. The third-order valence-corrected chi connectivity index (χ3v) is 3.82. The maximum absolute atomic E-state index is 12.0. The van der Waals surface area contributed by atoms with Gasteiger partial charge >= 0.3 is 0 Å². The van der Waals surface area contributed by atoms with Crippen LogP contribution < -0.4 is 10.9 Å². The Morgan fingerprint density at radius 1 is 1.60 bits per heavy atom. The van der Waals surface area contributed by atoms with E-state index in [1.54, 1.807) is 12.3 Å². The summed E-state index contributed by atoms with van der Waals surface area (Å²) in [4.78, 5) is 12.0. The average Bonchev–Trinajstić information content (AvgIpc) is 2.41. The molecule has 2 N–H and O–H groups in total. The Morgan fingerprint density at radius 3 is 2.90 bits per heavy atom. The Hall–Kier alpha value is -1.14. The summed E-state index contributed by atoms with van der Waals surface area (Å²) < 4.78 is 1.83. The number of hydrogen-bond acceptors (Lipinski definition) is 4. The summed E-state index contributed by atoms with van der Waals surface area (Å²) in [5.74, 6) is 0. The molecule has 0 saturated heterocycles. The smallest absolute Gasteiger partial charge is 0.283 e. The number of aliphatic hydroxyl groups excluding tert-OH is 1. The number of rotatable bonds is 8. The largest absolute Gasteiger partial charge is 0.396 e. The molecule has 0 unspecified atom stereocenters. The summed E-state index contributed by atoms with van der Waals surface area (Å²) in [6.45, 7) is 9.13. The van der Waals surface area contributed by atoms with Crippen LogP contribution in [-0.2, 0) is 6.54 Å². The predicted molar refractivity (Wildman–Crippen MR) is 85.0 cm³/mol. The molecular formula is C14H22BrN3O2. The second-order valence-corrected chi connectivity index (χ2v) is 6.29. The first kappa shape index (κ1) is 16.9. The Balaban J connectivity index is 2.76. The van der Waals surface area contributed by atoms with Gasteiger partial charge in [-0.3, -0.25) is 4.79 Å². The molecule has 1 aromatic heterocycles. The number of anilines is 1. The van der Waals surface area contributed by atoms with Crippen molar-refractivity contribution >= 4 is 21.6 Å². The highest BCUT2D eigenvalue weighted by Crippen LogP contribution is 2.24. The molecule has 1 heterocycles. The zero-order valence-corrected chi connectivity index (χ0v) is 13.6. The number of nitrogens with zero attached hydrogens (tertiary/aromatic N) is 2. The quantitative estimate of drug-likeness (QED) is 0.711. The van der Waals surface area contributed by atoms with Gasteiger partial charge in [0.05, 0.1) is 18.4 Å². The van der Waals surface area contributed by atoms with Gasteiger partial charge in [-0.1, -0.05) is 19.9 Å². The van der Waals surface area contributed by atoms with Crippen LogP contribution in [0, 0.1) is 5.41 Å². The summed E-state index contributed by atoms with van der Waals surface area (Å²) >= 11 is 3.31. The van der Waals surface area contributed by atoms with E-state index in [1.165, 1.54) is 4.68 Å². The van der Waals surface area contributed by atoms with Crippen molar-refractivity contribution in [3.8, 4) is 0 Å². The molecule has 0 saturated carbocycles. The fraction of sp³-hybridized carbons (Fsp3) is 0.571. The van der Waals surface area contributed by atoms with E-state index in [0.717, 1.165) is 12.8 Å². The molecule has 20 heavy (non-hydrogen) atoms. The Morgan fingerprint density at radius 2 is 2.30 bits per heavy atom. The molecule has 0 aromatic carbocycles. The predicted octanol–water partition coefficient (Wildman–Crippen LogP) is 2.40. The van der Waals surface area contributed by atoms with Crippen LogP contribution in [0.4, 0.5) is 5.69 Å². The van der Waals surface area contributed by atoms with Gasteiger partial charge in [0.1, 0.15) is 4.47 Å². The highest BCUT2D eigenvalue weighted by Gasteiger charge is 2.18. The molecule has 0 aliphatic heterocycles. The second-order valence-electron chi connectivity index (χ2n) is 5.49. The molecule has 112 valence electrons. The van der Waals surface area contributed by atoms with Crippen molar-refractivity contribution in [1.29, 1.82) is 0 Å². The molecular weight excluding hydrogens is 322 g/mol. The molecule has 0 bridgehead atoms. The molecule has 0 aliphatic carbocycles. The summed E-state index contributed by atoms with van der Waals surface area (Å²) in [5.41, 5.74) is 0.550. The van der Waals surface area contributed by atoms with Gasteiger partial charge in [-0.05, 0) is 34.2 Å². The lowest BCUT2D eigenvalue weighted by molar-refractivity contribution is 0.248. The minimum absolute atomic E-state index is 0.0398. The van der Waals surface area contributed by atoms with E-state index in [0.29, 0.717) is 23.2 Å². The van der Waals surface area contributed by atoms with Crippen molar-refractivity contribution in [3.05, 3.63) is 33.7 Å². The number of hydrogen-bond donors (Lipinski definition) is 2. The van der Waals surface area contributed by atoms with Crippen molar-refractivity contribution in [2.45, 2.75) is 33.2 Å². The van der Waals surface area contributed by atoms with E-state index in [9.17, 15) is 4.79 Å². The number of halogens is 1. The summed E-state index contributed by atoms with van der Waals surface area (Å²) in [6.07, 6.45) is 4.95. The molecule has 0 amide bonds. The van der Waals surface area contributed by atoms with Crippen LogP contribution in [-0.4, -0.2) is 28.0 Å². The molecule has 5 nitrogen and oxygen atoms in total. The van der Waals surface area contributed by atoms with E-state index < -0.39 is 0 Å². The lowest BCUT2D eigenvalue weighted by atomic mass is 9.88. The SMILES string of the molecule is C=CCn1ncc(NCC(C)(C)CCCO)c(Br)c1=O. The van der Waals surface area contributed by atoms with Crippen molar-refractivity contribution < 1.29 is 5.11 Å². The second kappa shape index (κ2) is 7.59. The van der Waals surface area contributed by atoms with Crippen LogP contribution in [0.25, 0.3) is 0 Å². The topological polar surface area (TPSA) is 67.2 Å². The number of allylic oxidation sites excluding steroid dienone is 1. The van der Waals surface area contributed by atoms with Crippen LogP contribution in [0.15, 0.2) is 28.1 Å². The molecule has 0 atom stereocenters. The molecule has 0 radical (unpaired) electrons. The normalized spacial score (nSPS) is 11.4. The van der Waals surface area contributed by atoms with Crippen LogP contribution in [0.3, 0.4) is 0 Å². The third-order valence-electron chi connectivity index (χ3n) is 3.06. The van der Waals surface area contributed by atoms with E-state index in [2.05, 4.69) is 46.8 Å². The zero-order valence-electron chi connectivity index (χ0n) is 12.0. The van der Waals surface area contributed by atoms with Crippen molar-refractivity contribution in [2.75, 3.05) is 18.5 Å². The van der Waals surface area contributed by atoms with Gasteiger partial charge in [-0.25, -0.2) is 4.68 Å². The molecule has 0 aliphatic rings. The van der Waals surface area contributed by atoms with E-state index >= 15 is 0 Å². The monoisotopic (exact) mass is 343 g/mol. The fourth-order valence-electron chi connectivity index (χ4n) is 1.82. The van der Waals surface area contributed by atoms with Gasteiger partial charge in [0.15, 0.2) is 0 Å². The van der Waals surface area contributed by atoms with Crippen LogP contribution in [0.1, 0.15) is 26.7 Å². The molecule has 1 aromatic rings. The Bertz CT molecular complexity index is 512. The summed E-state index contributed by atoms with van der Waals surface area (Å²) in [6, 6.07) is 0. The Kier molecular flexibility index (Phi) is 6.42. The first-order valence-corrected chi connectivity index (χ1v) is 7.42. The number of aromatic nitrogens is 2. The third kappa shape index (κ3) is 4.76. The van der Waals surface area contributed by atoms with E-state index in [-0.39, 0.29) is 17.6 Å². The average molecular weight is 344 g/mol. The number of aliphatic hydroxyl groups is 1. The first-order chi connectivity index (χ1) is 9.41. The summed E-state index contributed by atoms with van der Waals surface area (Å²) in [5, 5.41) is 16.2. The Labute approximate surface area is 127 Å². The number of nitrogens with one attached hydrogen (secondary N) is 1. The minimum atomic E-state index is -0.178. The molecule has 1 rings (SSSR count). The first-order valence-electron chi connectivity index (χ1n) is 6.62.